The van der Waals surface area contributed by atoms with Gasteiger partial charge in [0, 0.05) is 25.4 Å². The van der Waals surface area contributed by atoms with E-state index >= 15 is 0 Å². The molecule has 1 fully saturated rings. The van der Waals surface area contributed by atoms with Crippen LogP contribution in [-0.4, -0.2) is 30.1 Å². The minimum atomic E-state index is -0.0850. The fourth-order valence-electron chi connectivity index (χ4n) is 2.36. The molecule has 1 aliphatic carbocycles. The Kier molecular flexibility index (Phi) is 3.40. The van der Waals surface area contributed by atoms with Crippen LogP contribution in [0.1, 0.15) is 38.5 Å². The average molecular weight is 196 g/mol. The number of hydrogen-bond acceptors (Lipinski definition) is 3. The van der Waals surface area contributed by atoms with Crippen LogP contribution in [0.5, 0.6) is 0 Å². The third-order valence-corrected chi connectivity index (χ3v) is 3.31. The zero-order valence-corrected chi connectivity index (χ0v) is 8.71. The Bertz CT molecular complexity index is 215. The molecule has 2 N–H and O–H groups in total. The van der Waals surface area contributed by atoms with E-state index in [0.29, 0.717) is 5.92 Å². The van der Waals surface area contributed by atoms with E-state index in [4.69, 9.17) is 0 Å². The Morgan fingerprint density at radius 2 is 2.14 bits per heavy atom. The monoisotopic (exact) mass is 196 g/mol. The van der Waals surface area contributed by atoms with Crippen molar-refractivity contribution in [2.75, 3.05) is 13.1 Å². The first-order valence-electron chi connectivity index (χ1n) is 5.81. The molecule has 3 nitrogen and oxygen atoms in total. The molecule has 0 aromatic rings. The number of aliphatic imine (C=N–C) groups is 1. The maximum absolute atomic E-state index is 9.76. The summed E-state index contributed by atoms with van der Waals surface area (Å²) in [4.78, 5) is 4.37. The number of aliphatic hydroxyl groups excluding tert-OH is 1. The minimum Gasteiger partial charge on any atom is -0.393 e. The molecule has 2 atom stereocenters. The molecule has 0 saturated heterocycles. The summed E-state index contributed by atoms with van der Waals surface area (Å²) in [5.74, 6) is 1.61. The molecule has 1 heterocycles. The van der Waals surface area contributed by atoms with Crippen LogP contribution in [0, 0.1) is 5.92 Å². The topological polar surface area (TPSA) is 44.6 Å². The predicted octanol–water partition coefficient (Wildman–Crippen LogP) is 1.32. The lowest BCUT2D eigenvalue weighted by Gasteiger charge is -2.27. The number of hydrogen-bond donors (Lipinski definition) is 2. The SMILES string of the molecule is OC1CCCCC1CNC1=NCCC1. The van der Waals surface area contributed by atoms with Crippen molar-refractivity contribution in [2.24, 2.45) is 10.9 Å². The van der Waals surface area contributed by atoms with Crippen LogP contribution >= 0.6 is 0 Å². The lowest BCUT2D eigenvalue weighted by Crippen LogP contribution is -2.36. The number of nitrogens with zero attached hydrogens (tertiary/aromatic N) is 1. The van der Waals surface area contributed by atoms with Crippen LogP contribution in [-0.2, 0) is 0 Å². The highest BCUT2D eigenvalue weighted by Gasteiger charge is 2.23. The van der Waals surface area contributed by atoms with Gasteiger partial charge in [0.2, 0.25) is 0 Å². The van der Waals surface area contributed by atoms with Gasteiger partial charge in [-0.3, -0.25) is 4.99 Å². The van der Waals surface area contributed by atoms with E-state index in [2.05, 4.69) is 10.3 Å². The van der Waals surface area contributed by atoms with Crippen molar-refractivity contribution in [3.8, 4) is 0 Å². The van der Waals surface area contributed by atoms with Crippen LogP contribution in [0.3, 0.4) is 0 Å². The summed E-state index contributed by atoms with van der Waals surface area (Å²) in [6.45, 7) is 1.90. The van der Waals surface area contributed by atoms with Gasteiger partial charge in [-0.25, -0.2) is 0 Å². The second-order valence-corrected chi connectivity index (χ2v) is 4.42. The first-order valence-corrected chi connectivity index (χ1v) is 5.81. The van der Waals surface area contributed by atoms with Crippen LogP contribution in [0.2, 0.25) is 0 Å². The summed E-state index contributed by atoms with van der Waals surface area (Å²) in [7, 11) is 0. The van der Waals surface area contributed by atoms with E-state index in [1.807, 2.05) is 0 Å². The summed E-state index contributed by atoms with van der Waals surface area (Å²) in [6, 6.07) is 0. The lowest BCUT2D eigenvalue weighted by molar-refractivity contribution is 0.0720. The van der Waals surface area contributed by atoms with Crippen molar-refractivity contribution in [1.82, 2.24) is 5.32 Å². The molecule has 0 bridgehead atoms. The molecule has 3 heteroatoms. The average Bonchev–Trinajstić information content (AvgIpc) is 2.69. The highest BCUT2D eigenvalue weighted by atomic mass is 16.3. The molecule has 80 valence electrons. The zero-order valence-electron chi connectivity index (χ0n) is 8.71. The number of aliphatic hydroxyl groups is 1. The van der Waals surface area contributed by atoms with Crippen molar-refractivity contribution < 1.29 is 5.11 Å². The summed E-state index contributed by atoms with van der Waals surface area (Å²) >= 11 is 0. The van der Waals surface area contributed by atoms with Gasteiger partial charge in [-0.15, -0.1) is 0 Å². The predicted molar refractivity (Wildman–Crippen MR) is 57.5 cm³/mol. The number of nitrogens with one attached hydrogen (secondary N) is 1. The fraction of sp³-hybridized carbons (Fsp3) is 0.909. The lowest BCUT2D eigenvalue weighted by atomic mass is 9.86. The molecule has 0 amide bonds. The molecule has 2 unspecified atom stereocenters. The first kappa shape index (κ1) is 9.97. The van der Waals surface area contributed by atoms with Crippen molar-refractivity contribution in [2.45, 2.75) is 44.6 Å². The van der Waals surface area contributed by atoms with Crippen LogP contribution in [0.25, 0.3) is 0 Å². The summed E-state index contributed by atoms with van der Waals surface area (Å²) in [5, 5.41) is 13.1. The fourth-order valence-corrected chi connectivity index (χ4v) is 2.36. The molecule has 0 aromatic heterocycles. The van der Waals surface area contributed by atoms with Gasteiger partial charge in [0.15, 0.2) is 0 Å². The van der Waals surface area contributed by atoms with Crippen LogP contribution in [0.15, 0.2) is 4.99 Å². The molecule has 0 aromatic carbocycles. The Balaban J connectivity index is 1.73. The van der Waals surface area contributed by atoms with Crippen molar-refractivity contribution >= 4 is 5.84 Å². The normalized spacial score (nSPS) is 32.8. The molecule has 1 aliphatic heterocycles. The molecule has 1 saturated carbocycles. The van der Waals surface area contributed by atoms with Gasteiger partial charge in [0.05, 0.1) is 11.9 Å². The van der Waals surface area contributed by atoms with Gasteiger partial charge in [0.25, 0.3) is 0 Å². The van der Waals surface area contributed by atoms with Crippen LogP contribution < -0.4 is 5.32 Å². The Labute approximate surface area is 85.6 Å². The van der Waals surface area contributed by atoms with Gasteiger partial charge in [0.1, 0.15) is 0 Å². The summed E-state index contributed by atoms with van der Waals surface area (Å²) < 4.78 is 0. The maximum atomic E-state index is 9.76. The second-order valence-electron chi connectivity index (χ2n) is 4.42. The number of amidine groups is 1. The molecular weight excluding hydrogens is 176 g/mol. The third-order valence-electron chi connectivity index (χ3n) is 3.31. The molecule has 2 rings (SSSR count). The highest BCUT2D eigenvalue weighted by molar-refractivity contribution is 5.83. The van der Waals surface area contributed by atoms with Crippen molar-refractivity contribution in [3.05, 3.63) is 0 Å². The Morgan fingerprint density at radius 3 is 2.86 bits per heavy atom. The second kappa shape index (κ2) is 4.78. The highest BCUT2D eigenvalue weighted by Crippen LogP contribution is 2.23. The molecule has 0 spiro atoms. The van der Waals surface area contributed by atoms with E-state index in [0.717, 1.165) is 31.8 Å². The number of rotatable bonds is 2. The van der Waals surface area contributed by atoms with E-state index in [9.17, 15) is 5.11 Å². The van der Waals surface area contributed by atoms with Gasteiger partial charge < -0.3 is 10.4 Å². The molecule has 14 heavy (non-hydrogen) atoms. The zero-order chi connectivity index (χ0) is 9.80. The molecule has 0 radical (unpaired) electrons. The smallest absolute Gasteiger partial charge is 0.0963 e. The van der Waals surface area contributed by atoms with Gasteiger partial charge in [-0.05, 0) is 19.3 Å². The molecule has 2 aliphatic rings. The van der Waals surface area contributed by atoms with E-state index < -0.39 is 0 Å². The standard InChI is InChI=1S/C11H20N2O/c14-10-5-2-1-4-9(10)8-13-11-6-3-7-12-11/h9-10,14H,1-8H2,(H,12,13). The Morgan fingerprint density at radius 1 is 1.29 bits per heavy atom. The van der Waals surface area contributed by atoms with Crippen molar-refractivity contribution in [1.29, 1.82) is 0 Å². The van der Waals surface area contributed by atoms with Crippen molar-refractivity contribution in [3.63, 3.8) is 0 Å². The van der Waals surface area contributed by atoms with E-state index in [1.165, 1.54) is 25.7 Å². The quantitative estimate of drug-likeness (QED) is 0.699. The molecular formula is C11H20N2O. The van der Waals surface area contributed by atoms with Crippen LogP contribution in [0.4, 0.5) is 0 Å². The largest absolute Gasteiger partial charge is 0.393 e. The summed E-state index contributed by atoms with van der Waals surface area (Å²) in [5.41, 5.74) is 0. The van der Waals surface area contributed by atoms with E-state index in [-0.39, 0.29) is 6.10 Å². The third kappa shape index (κ3) is 2.47. The van der Waals surface area contributed by atoms with Gasteiger partial charge >= 0.3 is 0 Å². The maximum Gasteiger partial charge on any atom is 0.0963 e. The van der Waals surface area contributed by atoms with Gasteiger partial charge in [-0.2, -0.15) is 0 Å². The van der Waals surface area contributed by atoms with E-state index in [1.54, 1.807) is 0 Å². The Hall–Kier alpha value is -0.570. The minimum absolute atomic E-state index is 0.0850. The van der Waals surface area contributed by atoms with Gasteiger partial charge in [-0.1, -0.05) is 12.8 Å². The summed E-state index contributed by atoms with van der Waals surface area (Å²) in [6.07, 6.45) is 6.82. The first-order chi connectivity index (χ1) is 6.86.